The summed E-state index contributed by atoms with van der Waals surface area (Å²) in [6.07, 6.45) is -7.40. The maximum Gasteiger partial charge on any atom is 0.416 e. The molecule has 0 unspecified atom stereocenters. The van der Waals surface area contributed by atoms with Gasteiger partial charge in [0.25, 0.3) is 12.3 Å². The molecular formula is C18H16F7N3O. The summed E-state index contributed by atoms with van der Waals surface area (Å²) in [7, 11) is 1.02. The van der Waals surface area contributed by atoms with Crippen molar-refractivity contribution < 1.29 is 35.5 Å². The fourth-order valence-electron chi connectivity index (χ4n) is 3.10. The Labute approximate surface area is 160 Å². The van der Waals surface area contributed by atoms with Crippen molar-refractivity contribution in [2.75, 3.05) is 0 Å². The van der Waals surface area contributed by atoms with Crippen LogP contribution in [0.15, 0.2) is 12.1 Å². The lowest BCUT2D eigenvalue weighted by molar-refractivity contribution is -0.138. The summed E-state index contributed by atoms with van der Waals surface area (Å²) in [5.41, 5.74) is -4.27. The van der Waals surface area contributed by atoms with Crippen LogP contribution in [0.1, 0.15) is 52.0 Å². The van der Waals surface area contributed by atoms with Crippen LogP contribution in [0.4, 0.5) is 30.7 Å². The van der Waals surface area contributed by atoms with Crippen molar-refractivity contribution in [2.24, 2.45) is 7.05 Å². The molecule has 1 aliphatic carbocycles. The number of halogens is 7. The lowest BCUT2D eigenvalue weighted by atomic mass is 10.0. The molecule has 0 N–H and O–H groups in total. The summed E-state index contributed by atoms with van der Waals surface area (Å²) in [5.74, 6) is -3.74. The third kappa shape index (κ3) is 3.95. The fraction of sp³-hybridized carbons (Fsp3) is 0.444. The van der Waals surface area contributed by atoms with E-state index in [1.165, 1.54) is 6.92 Å². The summed E-state index contributed by atoms with van der Waals surface area (Å²) in [6.45, 7) is 0.431. The Morgan fingerprint density at radius 3 is 2.41 bits per heavy atom. The number of hydrogen-bond acceptors (Lipinski definition) is 2. The number of benzene rings is 1. The highest BCUT2D eigenvalue weighted by atomic mass is 19.4. The van der Waals surface area contributed by atoms with Crippen LogP contribution in [0.25, 0.3) is 0 Å². The van der Waals surface area contributed by atoms with Crippen molar-refractivity contribution in [2.45, 2.75) is 45.0 Å². The number of amides is 1. The number of aryl methyl sites for hydroxylation is 2. The monoisotopic (exact) mass is 423 g/mol. The number of rotatable bonds is 5. The summed E-state index contributed by atoms with van der Waals surface area (Å²) in [5, 5.41) is 3.28. The second-order valence-corrected chi connectivity index (χ2v) is 6.86. The van der Waals surface area contributed by atoms with E-state index < -0.39 is 65.2 Å². The Balaban J connectivity index is 2.07. The molecule has 158 valence electrons. The topological polar surface area (TPSA) is 38.1 Å². The minimum atomic E-state index is -4.89. The molecule has 2 aromatic rings. The average molecular weight is 423 g/mol. The van der Waals surface area contributed by atoms with E-state index in [-0.39, 0.29) is 5.56 Å². The largest absolute Gasteiger partial charge is 0.416 e. The van der Waals surface area contributed by atoms with E-state index in [0.717, 1.165) is 18.0 Å². The first-order valence-electron chi connectivity index (χ1n) is 8.60. The van der Waals surface area contributed by atoms with Crippen molar-refractivity contribution >= 4 is 5.91 Å². The Hall–Kier alpha value is -2.59. The Morgan fingerprint density at radius 1 is 1.28 bits per heavy atom. The number of nitrogens with zero attached hydrogens (tertiary/aromatic N) is 3. The van der Waals surface area contributed by atoms with Crippen molar-refractivity contribution in [3.05, 3.63) is 51.8 Å². The van der Waals surface area contributed by atoms with Gasteiger partial charge in [0.05, 0.1) is 5.56 Å². The van der Waals surface area contributed by atoms with Crippen molar-refractivity contribution in [3.63, 3.8) is 0 Å². The van der Waals surface area contributed by atoms with Gasteiger partial charge < -0.3 is 4.90 Å². The third-order valence-electron chi connectivity index (χ3n) is 4.74. The molecule has 11 heteroatoms. The van der Waals surface area contributed by atoms with Gasteiger partial charge in [-0.3, -0.25) is 4.79 Å². The Morgan fingerprint density at radius 2 is 1.90 bits per heavy atom. The minimum Gasteiger partial charge on any atom is -0.331 e. The van der Waals surface area contributed by atoms with Gasteiger partial charge in [0, 0.05) is 25.2 Å². The van der Waals surface area contributed by atoms with E-state index in [0.29, 0.717) is 23.6 Å². The number of carbonyl (C=O) groups is 1. The molecule has 4 nitrogen and oxygen atoms in total. The van der Waals surface area contributed by atoms with Gasteiger partial charge in [-0.1, -0.05) is 6.07 Å². The summed E-state index contributed by atoms with van der Waals surface area (Å²) in [6, 6.07) is 1.05. The standard InChI is InChI=1S/C18H16F7N3O/c1-8-3-6-11(18(23,24)25)10(13(8)19)7-28(9-4-5-9)17(29)12-14(15(20)21)26-27(2)16(12)22/h3,6,9,15H,4-5,7H2,1-2H3. The molecule has 1 fully saturated rings. The van der Waals surface area contributed by atoms with E-state index in [9.17, 15) is 35.5 Å². The first-order chi connectivity index (χ1) is 13.4. The predicted octanol–water partition coefficient (Wildman–Crippen LogP) is 4.77. The predicted molar refractivity (Wildman–Crippen MR) is 87.2 cm³/mol. The molecule has 3 rings (SSSR count). The van der Waals surface area contributed by atoms with Crippen LogP contribution in [0.3, 0.4) is 0 Å². The molecule has 1 saturated carbocycles. The summed E-state index contributed by atoms with van der Waals surface area (Å²) >= 11 is 0. The molecule has 29 heavy (non-hydrogen) atoms. The van der Waals surface area contributed by atoms with Crippen LogP contribution in [0.5, 0.6) is 0 Å². The molecule has 0 saturated heterocycles. The number of carbonyl (C=O) groups excluding carboxylic acids is 1. The Kier molecular flexibility index (Phi) is 5.35. The lowest BCUT2D eigenvalue weighted by Crippen LogP contribution is -2.35. The second kappa shape index (κ2) is 7.34. The average Bonchev–Trinajstić information content (AvgIpc) is 3.40. The summed E-state index contributed by atoms with van der Waals surface area (Å²) < 4.78 is 95.7. The van der Waals surface area contributed by atoms with Gasteiger partial charge in [-0.05, 0) is 31.4 Å². The molecule has 1 aromatic heterocycles. The highest BCUT2D eigenvalue weighted by molar-refractivity contribution is 5.96. The van der Waals surface area contributed by atoms with Gasteiger partial charge in [-0.2, -0.15) is 22.7 Å². The number of aromatic nitrogens is 2. The van der Waals surface area contributed by atoms with Crippen LogP contribution >= 0.6 is 0 Å². The van der Waals surface area contributed by atoms with Crippen LogP contribution < -0.4 is 0 Å². The zero-order chi connectivity index (χ0) is 21.7. The van der Waals surface area contributed by atoms with Gasteiger partial charge in [0.1, 0.15) is 17.1 Å². The van der Waals surface area contributed by atoms with E-state index in [1.807, 2.05) is 0 Å². The molecular weight excluding hydrogens is 407 g/mol. The molecule has 1 aliphatic rings. The highest BCUT2D eigenvalue weighted by Gasteiger charge is 2.41. The molecule has 1 amide bonds. The first-order valence-corrected chi connectivity index (χ1v) is 8.60. The van der Waals surface area contributed by atoms with Crippen LogP contribution in [-0.2, 0) is 19.8 Å². The first kappa shape index (κ1) is 21.1. The fourth-order valence-corrected chi connectivity index (χ4v) is 3.10. The lowest BCUT2D eigenvalue weighted by Gasteiger charge is -2.25. The molecule has 0 spiro atoms. The van der Waals surface area contributed by atoms with E-state index >= 15 is 0 Å². The van der Waals surface area contributed by atoms with Crippen LogP contribution in [0, 0.1) is 18.7 Å². The van der Waals surface area contributed by atoms with E-state index in [2.05, 4.69) is 5.10 Å². The van der Waals surface area contributed by atoms with E-state index in [4.69, 9.17) is 0 Å². The van der Waals surface area contributed by atoms with Gasteiger partial charge in [0.15, 0.2) is 0 Å². The number of hydrogen-bond donors (Lipinski definition) is 0. The second-order valence-electron chi connectivity index (χ2n) is 6.86. The maximum atomic E-state index is 14.5. The van der Waals surface area contributed by atoms with Gasteiger partial charge in [-0.25, -0.2) is 17.9 Å². The molecule has 0 radical (unpaired) electrons. The smallest absolute Gasteiger partial charge is 0.331 e. The zero-order valence-electron chi connectivity index (χ0n) is 15.3. The molecule has 0 atom stereocenters. The summed E-state index contributed by atoms with van der Waals surface area (Å²) in [4.78, 5) is 13.6. The van der Waals surface area contributed by atoms with Gasteiger partial charge in [0.2, 0.25) is 5.95 Å². The number of alkyl halides is 5. The SMILES string of the molecule is Cc1ccc(C(F)(F)F)c(CN(C(=O)c2c(C(F)F)nn(C)c2F)C2CC2)c1F. The molecule has 1 aromatic carbocycles. The van der Waals surface area contributed by atoms with Crippen molar-refractivity contribution in [3.8, 4) is 0 Å². The maximum absolute atomic E-state index is 14.5. The molecule has 1 heterocycles. The molecule has 0 bridgehead atoms. The van der Waals surface area contributed by atoms with Gasteiger partial charge >= 0.3 is 6.18 Å². The van der Waals surface area contributed by atoms with E-state index in [1.54, 1.807) is 0 Å². The van der Waals surface area contributed by atoms with Gasteiger partial charge in [-0.15, -0.1) is 0 Å². The normalized spacial score (nSPS) is 14.6. The van der Waals surface area contributed by atoms with Crippen LogP contribution in [-0.4, -0.2) is 26.6 Å². The van der Waals surface area contributed by atoms with Crippen LogP contribution in [0.2, 0.25) is 0 Å². The third-order valence-corrected chi connectivity index (χ3v) is 4.74. The van der Waals surface area contributed by atoms with Crippen molar-refractivity contribution in [1.29, 1.82) is 0 Å². The molecule has 0 aliphatic heterocycles. The minimum absolute atomic E-state index is 0.0722. The highest BCUT2D eigenvalue weighted by Crippen LogP contribution is 2.38. The zero-order valence-corrected chi connectivity index (χ0v) is 15.3. The van der Waals surface area contributed by atoms with Crippen molar-refractivity contribution in [1.82, 2.24) is 14.7 Å². The quantitative estimate of drug-likeness (QED) is 0.650. The Bertz CT molecular complexity index is 948.